The van der Waals surface area contributed by atoms with Crippen LogP contribution >= 0.6 is 0 Å². The van der Waals surface area contributed by atoms with Gasteiger partial charge in [-0.3, -0.25) is 0 Å². The second-order valence-electron chi connectivity index (χ2n) is 5.67. The zero-order valence-corrected chi connectivity index (χ0v) is 14.6. The van der Waals surface area contributed by atoms with Crippen LogP contribution in [-0.4, -0.2) is 77.6 Å². The molecule has 0 radical (unpaired) electrons. The Hall–Kier alpha value is -0.930. The first-order chi connectivity index (χ1) is 11.0. The zero-order valence-electron chi connectivity index (χ0n) is 14.6. The predicted molar refractivity (Wildman–Crippen MR) is 86.6 cm³/mol. The highest BCUT2D eigenvalue weighted by Gasteiger charge is 2.15. The quantitative estimate of drug-likeness (QED) is 0.446. The van der Waals surface area contributed by atoms with E-state index < -0.39 is 11.7 Å². The molecule has 0 saturated heterocycles. The Morgan fingerprint density at radius 3 is 1.70 bits per heavy atom. The fraction of sp³-hybridized carbons (Fsp3) is 0.933. The topological polar surface area (TPSA) is 101 Å². The Bertz CT molecular complexity index is 284. The predicted octanol–water partition coefficient (Wildman–Crippen LogP) is 0.536. The summed E-state index contributed by atoms with van der Waals surface area (Å²) >= 11 is 0. The first-order valence-corrected chi connectivity index (χ1v) is 7.93. The summed E-state index contributed by atoms with van der Waals surface area (Å²) in [6, 6.07) is 0. The van der Waals surface area contributed by atoms with E-state index in [9.17, 15) is 4.79 Å². The van der Waals surface area contributed by atoms with Gasteiger partial charge in [-0.15, -0.1) is 0 Å². The van der Waals surface area contributed by atoms with Crippen LogP contribution in [0, 0.1) is 0 Å². The second-order valence-corrected chi connectivity index (χ2v) is 5.67. The van der Waals surface area contributed by atoms with E-state index in [1.165, 1.54) is 0 Å². The molecule has 0 unspecified atom stereocenters. The number of alkyl carbamates (subject to hydrolysis) is 1. The minimum Gasteiger partial charge on any atom is -0.444 e. The fourth-order valence-electron chi connectivity index (χ4n) is 1.38. The molecule has 1 amide bonds. The summed E-state index contributed by atoms with van der Waals surface area (Å²) in [6.45, 7) is 10.4. The summed E-state index contributed by atoms with van der Waals surface area (Å²) in [5.74, 6) is 0. The standard InChI is InChI=1S/C15H32N2O6/c1-15(2,3)23-14(18)17-5-7-20-9-11-22-13-12-21-10-8-19-6-4-16/h4-13,16H2,1-3H3,(H,17,18). The molecule has 3 N–H and O–H groups in total. The highest BCUT2D eigenvalue weighted by atomic mass is 16.6. The number of carbonyl (C=O) groups excluding carboxylic acids is 1. The molecule has 8 heteroatoms. The van der Waals surface area contributed by atoms with Crippen LogP contribution in [0.4, 0.5) is 4.79 Å². The van der Waals surface area contributed by atoms with Crippen molar-refractivity contribution in [3.63, 3.8) is 0 Å². The number of hydrogen-bond donors (Lipinski definition) is 2. The van der Waals surface area contributed by atoms with Crippen molar-refractivity contribution in [2.75, 3.05) is 65.9 Å². The number of carbonyl (C=O) groups is 1. The Kier molecular flexibility index (Phi) is 14.1. The Morgan fingerprint density at radius 1 is 0.826 bits per heavy atom. The van der Waals surface area contributed by atoms with Gasteiger partial charge < -0.3 is 34.7 Å². The van der Waals surface area contributed by atoms with Crippen LogP contribution in [0.5, 0.6) is 0 Å². The molecule has 0 rings (SSSR count). The highest BCUT2D eigenvalue weighted by Crippen LogP contribution is 2.05. The van der Waals surface area contributed by atoms with E-state index in [-0.39, 0.29) is 0 Å². The summed E-state index contributed by atoms with van der Waals surface area (Å²) in [5, 5.41) is 2.61. The number of ether oxygens (including phenoxy) is 5. The van der Waals surface area contributed by atoms with Crippen LogP contribution in [0.15, 0.2) is 0 Å². The van der Waals surface area contributed by atoms with Crippen LogP contribution in [0.25, 0.3) is 0 Å². The summed E-state index contributed by atoms with van der Waals surface area (Å²) in [4.78, 5) is 11.3. The molecule has 0 heterocycles. The van der Waals surface area contributed by atoms with Gasteiger partial charge in [0.25, 0.3) is 0 Å². The van der Waals surface area contributed by atoms with E-state index in [0.717, 1.165) is 0 Å². The minimum atomic E-state index is -0.489. The van der Waals surface area contributed by atoms with Crippen molar-refractivity contribution in [3.05, 3.63) is 0 Å². The van der Waals surface area contributed by atoms with Crippen molar-refractivity contribution in [1.29, 1.82) is 0 Å². The lowest BCUT2D eigenvalue weighted by Crippen LogP contribution is -2.34. The summed E-state index contributed by atoms with van der Waals surface area (Å²) in [6.07, 6.45) is -0.440. The van der Waals surface area contributed by atoms with Gasteiger partial charge in [0.1, 0.15) is 5.60 Å². The van der Waals surface area contributed by atoms with Gasteiger partial charge in [0.05, 0.1) is 52.9 Å². The summed E-state index contributed by atoms with van der Waals surface area (Å²) < 4.78 is 26.2. The zero-order chi connectivity index (χ0) is 17.4. The van der Waals surface area contributed by atoms with Crippen molar-refractivity contribution < 1.29 is 28.5 Å². The largest absolute Gasteiger partial charge is 0.444 e. The molecule has 0 fully saturated rings. The maximum Gasteiger partial charge on any atom is 0.407 e. The SMILES string of the molecule is CC(C)(C)OC(=O)NCCOCCOCCOCCOCCN. The maximum atomic E-state index is 11.3. The normalized spacial score (nSPS) is 11.5. The number of rotatable bonds is 14. The molecule has 0 aliphatic heterocycles. The molecule has 23 heavy (non-hydrogen) atoms. The van der Waals surface area contributed by atoms with Crippen molar-refractivity contribution in [3.8, 4) is 0 Å². The van der Waals surface area contributed by atoms with Gasteiger partial charge in [-0.05, 0) is 20.8 Å². The van der Waals surface area contributed by atoms with Crippen LogP contribution in [0.1, 0.15) is 20.8 Å². The molecule has 0 aromatic rings. The van der Waals surface area contributed by atoms with E-state index in [1.54, 1.807) is 0 Å². The van der Waals surface area contributed by atoms with Gasteiger partial charge in [0.2, 0.25) is 0 Å². The minimum absolute atomic E-state index is 0.404. The lowest BCUT2D eigenvalue weighted by Gasteiger charge is -2.19. The third kappa shape index (κ3) is 19.0. The summed E-state index contributed by atoms with van der Waals surface area (Å²) in [5.41, 5.74) is 4.79. The van der Waals surface area contributed by atoms with E-state index in [0.29, 0.717) is 65.9 Å². The van der Waals surface area contributed by atoms with Crippen LogP contribution < -0.4 is 11.1 Å². The van der Waals surface area contributed by atoms with Crippen LogP contribution in [0.3, 0.4) is 0 Å². The van der Waals surface area contributed by atoms with Gasteiger partial charge >= 0.3 is 6.09 Å². The highest BCUT2D eigenvalue weighted by molar-refractivity contribution is 5.67. The number of nitrogens with one attached hydrogen (secondary N) is 1. The molecule has 0 bridgehead atoms. The smallest absolute Gasteiger partial charge is 0.407 e. The Balaban J connectivity index is 3.15. The van der Waals surface area contributed by atoms with Crippen molar-refractivity contribution in [2.45, 2.75) is 26.4 Å². The number of hydrogen-bond acceptors (Lipinski definition) is 7. The third-order valence-electron chi connectivity index (χ3n) is 2.29. The molecule has 0 aliphatic rings. The summed E-state index contributed by atoms with van der Waals surface area (Å²) in [7, 11) is 0. The van der Waals surface area contributed by atoms with E-state index in [4.69, 9.17) is 29.4 Å². The molecular formula is C15H32N2O6. The van der Waals surface area contributed by atoms with Crippen molar-refractivity contribution in [1.82, 2.24) is 5.32 Å². The Morgan fingerprint density at radius 2 is 1.26 bits per heavy atom. The second kappa shape index (κ2) is 14.6. The van der Waals surface area contributed by atoms with E-state index >= 15 is 0 Å². The average molecular weight is 336 g/mol. The van der Waals surface area contributed by atoms with Gasteiger partial charge in [-0.1, -0.05) is 0 Å². The fourth-order valence-corrected chi connectivity index (χ4v) is 1.38. The van der Waals surface area contributed by atoms with Crippen LogP contribution in [0.2, 0.25) is 0 Å². The molecule has 0 aromatic heterocycles. The first-order valence-electron chi connectivity index (χ1n) is 7.93. The molecule has 0 saturated carbocycles. The molecule has 0 aromatic carbocycles. The molecular weight excluding hydrogens is 304 g/mol. The lowest BCUT2D eigenvalue weighted by molar-refractivity contribution is -0.00101. The van der Waals surface area contributed by atoms with Gasteiger partial charge in [-0.25, -0.2) is 4.79 Å². The molecule has 138 valence electrons. The maximum absolute atomic E-state index is 11.3. The molecule has 8 nitrogen and oxygen atoms in total. The van der Waals surface area contributed by atoms with Crippen LogP contribution in [-0.2, 0) is 23.7 Å². The molecule has 0 spiro atoms. The first kappa shape index (κ1) is 22.1. The third-order valence-corrected chi connectivity index (χ3v) is 2.29. The van der Waals surface area contributed by atoms with Crippen molar-refractivity contribution in [2.24, 2.45) is 5.73 Å². The van der Waals surface area contributed by atoms with E-state index in [2.05, 4.69) is 5.32 Å². The lowest BCUT2D eigenvalue weighted by atomic mass is 10.2. The number of nitrogens with two attached hydrogens (primary N) is 1. The molecule has 0 aliphatic carbocycles. The van der Waals surface area contributed by atoms with Gasteiger partial charge in [0.15, 0.2) is 0 Å². The van der Waals surface area contributed by atoms with Crippen molar-refractivity contribution >= 4 is 6.09 Å². The number of amides is 1. The van der Waals surface area contributed by atoms with Gasteiger partial charge in [0, 0.05) is 13.1 Å². The monoisotopic (exact) mass is 336 g/mol. The molecule has 0 atom stereocenters. The van der Waals surface area contributed by atoms with E-state index in [1.807, 2.05) is 20.8 Å². The van der Waals surface area contributed by atoms with Gasteiger partial charge in [-0.2, -0.15) is 0 Å². The average Bonchev–Trinajstić information content (AvgIpc) is 2.46. The Labute approximate surface area is 138 Å².